The van der Waals surface area contributed by atoms with Crippen LogP contribution in [0.5, 0.6) is 5.75 Å². The second kappa shape index (κ2) is 7.64. The number of aromatic carboxylic acids is 1. The summed E-state index contributed by atoms with van der Waals surface area (Å²) in [5.74, 6) is -1.05. The van der Waals surface area contributed by atoms with Crippen molar-refractivity contribution in [3.8, 4) is 16.9 Å². The fourth-order valence-electron chi connectivity index (χ4n) is 2.76. The van der Waals surface area contributed by atoms with Crippen molar-refractivity contribution in [2.75, 3.05) is 5.73 Å². The number of halogens is 3. The number of anilines is 1. The standard InChI is InChI=1S/C21H16F3NO3/c22-21(23,24)15-5-3-6-16(11-15)28-12-14-4-1-2-7-17(14)13-8-9-19(25)18(10-13)20(26)27/h1-11H,12,25H2,(H,26,27). The summed E-state index contributed by atoms with van der Waals surface area (Å²) < 4.78 is 44.1. The first-order chi connectivity index (χ1) is 13.3. The van der Waals surface area contributed by atoms with Crippen LogP contribution in [0.25, 0.3) is 11.1 Å². The number of alkyl halides is 3. The van der Waals surface area contributed by atoms with Gasteiger partial charge in [0.1, 0.15) is 12.4 Å². The van der Waals surface area contributed by atoms with E-state index in [1.165, 1.54) is 24.3 Å². The van der Waals surface area contributed by atoms with E-state index in [2.05, 4.69) is 0 Å². The molecule has 4 nitrogen and oxygen atoms in total. The summed E-state index contributed by atoms with van der Waals surface area (Å²) in [6.07, 6.45) is -4.45. The summed E-state index contributed by atoms with van der Waals surface area (Å²) in [6, 6.07) is 16.4. The van der Waals surface area contributed by atoms with E-state index < -0.39 is 17.7 Å². The van der Waals surface area contributed by atoms with Crippen LogP contribution in [0, 0.1) is 0 Å². The summed E-state index contributed by atoms with van der Waals surface area (Å²) in [7, 11) is 0. The Morgan fingerprint density at radius 3 is 2.46 bits per heavy atom. The van der Waals surface area contributed by atoms with Crippen molar-refractivity contribution >= 4 is 11.7 Å². The largest absolute Gasteiger partial charge is 0.489 e. The van der Waals surface area contributed by atoms with Gasteiger partial charge in [-0.15, -0.1) is 0 Å². The Labute approximate surface area is 159 Å². The highest BCUT2D eigenvalue weighted by atomic mass is 19.4. The molecular formula is C21H16F3NO3. The minimum absolute atomic E-state index is 0.0181. The number of nitrogen functional groups attached to an aromatic ring is 1. The van der Waals surface area contributed by atoms with Gasteiger partial charge in [0.2, 0.25) is 0 Å². The maximum Gasteiger partial charge on any atom is 0.416 e. The third-order valence-corrected chi connectivity index (χ3v) is 4.17. The van der Waals surface area contributed by atoms with Gasteiger partial charge in [-0.1, -0.05) is 36.4 Å². The highest BCUT2D eigenvalue weighted by molar-refractivity contribution is 5.95. The van der Waals surface area contributed by atoms with E-state index in [0.29, 0.717) is 16.7 Å². The molecule has 0 heterocycles. The molecule has 0 bridgehead atoms. The molecule has 7 heteroatoms. The van der Waals surface area contributed by atoms with E-state index >= 15 is 0 Å². The minimum Gasteiger partial charge on any atom is -0.489 e. The number of hydrogen-bond acceptors (Lipinski definition) is 3. The lowest BCUT2D eigenvalue weighted by atomic mass is 9.97. The summed E-state index contributed by atoms with van der Waals surface area (Å²) in [5, 5.41) is 9.25. The summed E-state index contributed by atoms with van der Waals surface area (Å²) in [5.41, 5.74) is 7.05. The van der Waals surface area contributed by atoms with Gasteiger partial charge in [-0.05, 0) is 47.0 Å². The van der Waals surface area contributed by atoms with E-state index in [4.69, 9.17) is 10.5 Å². The van der Waals surface area contributed by atoms with Gasteiger partial charge in [0.25, 0.3) is 0 Å². The minimum atomic E-state index is -4.45. The Hall–Kier alpha value is -3.48. The molecule has 0 saturated heterocycles. The zero-order valence-corrected chi connectivity index (χ0v) is 14.5. The van der Waals surface area contributed by atoms with Crippen LogP contribution in [0.4, 0.5) is 18.9 Å². The normalized spacial score (nSPS) is 11.2. The van der Waals surface area contributed by atoms with E-state index in [1.54, 1.807) is 30.3 Å². The van der Waals surface area contributed by atoms with Crippen molar-refractivity contribution in [3.05, 3.63) is 83.4 Å². The van der Waals surface area contributed by atoms with Crippen LogP contribution in [0.3, 0.4) is 0 Å². The van der Waals surface area contributed by atoms with Gasteiger partial charge in [-0.25, -0.2) is 4.79 Å². The van der Waals surface area contributed by atoms with Gasteiger partial charge in [0.15, 0.2) is 0 Å². The maximum atomic E-state index is 12.8. The van der Waals surface area contributed by atoms with Gasteiger partial charge >= 0.3 is 12.1 Å². The summed E-state index contributed by atoms with van der Waals surface area (Å²) >= 11 is 0. The molecule has 28 heavy (non-hydrogen) atoms. The van der Waals surface area contributed by atoms with Crippen LogP contribution in [0.15, 0.2) is 66.7 Å². The Morgan fingerprint density at radius 2 is 1.75 bits per heavy atom. The number of carbonyl (C=O) groups is 1. The summed E-state index contributed by atoms with van der Waals surface area (Å²) in [4.78, 5) is 11.3. The SMILES string of the molecule is Nc1ccc(-c2ccccc2COc2cccc(C(F)(F)F)c2)cc1C(=O)O. The van der Waals surface area contributed by atoms with Crippen molar-refractivity contribution in [2.45, 2.75) is 12.8 Å². The van der Waals surface area contributed by atoms with Crippen LogP contribution < -0.4 is 10.5 Å². The number of ether oxygens (including phenoxy) is 1. The molecule has 0 fully saturated rings. The van der Waals surface area contributed by atoms with Crippen molar-refractivity contribution in [1.29, 1.82) is 0 Å². The second-order valence-electron chi connectivity index (χ2n) is 6.08. The van der Waals surface area contributed by atoms with Gasteiger partial charge in [-0.3, -0.25) is 0 Å². The highest BCUT2D eigenvalue weighted by Crippen LogP contribution is 2.32. The fraction of sp³-hybridized carbons (Fsp3) is 0.0952. The van der Waals surface area contributed by atoms with Gasteiger partial charge in [-0.2, -0.15) is 13.2 Å². The third kappa shape index (κ3) is 4.25. The number of carboxylic acid groups (broad SMARTS) is 1. The third-order valence-electron chi connectivity index (χ3n) is 4.17. The number of hydrogen-bond donors (Lipinski definition) is 2. The predicted molar refractivity (Wildman–Crippen MR) is 99.0 cm³/mol. The number of benzene rings is 3. The summed E-state index contributed by atoms with van der Waals surface area (Å²) in [6.45, 7) is 0.0181. The first-order valence-electron chi connectivity index (χ1n) is 8.27. The molecule has 0 aliphatic rings. The Balaban J connectivity index is 1.88. The molecular weight excluding hydrogens is 371 g/mol. The molecule has 0 unspecified atom stereocenters. The molecule has 0 aliphatic heterocycles. The maximum absolute atomic E-state index is 12.8. The quantitative estimate of drug-likeness (QED) is 0.588. The molecule has 0 atom stereocenters. The molecule has 3 N–H and O–H groups in total. The molecule has 0 saturated carbocycles. The van der Waals surface area contributed by atoms with Crippen molar-refractivity contribution in [1.82, 2.24) is 0 Å². The first kappa shape index (κ1) is 19.3. The smallest absolute Gasteiger partial charge is 0.416 e. The Morgan fingerprint density at radius 1 is 1.00 bits per heavy atom. The van der Waals surface area contributed by atoms with E-state index in [-0.39, 0.29) is 23.6 Å². The molecule has 3 aromatic carbocycles. The van der Waals surface area contributed by atoms with E-state index in [0.717, 1.165) is 12.1 Å². The van der Waals surface area contributed by atoms with Crippen LogP contribution >= 0.6 is 0 Å². The van der Waals surface area contributed by atoms with Crippen molar-refractivity contribution < 1.29 is 27.8 Å². The van der Waals surface area contributed by atoms with Crippen LogP contribution in [0.2, 0.25) is 0 Å². The van der Waals surface area contributed by atoms with E-state index in [9.17, 15) is 23.1 Å². The van der Waals surface area contributed by atoms with Gasteiger partial charge in [0, 0.05) is 5.69 Å². The lowest BCUT2D eigenvalue weighted by Gasteiger charge is -2.14. The zero-order valence-electron chi connectivity index (χ0n) is 14.5. The zero-order chi connectivity index (χ0) is 20.3. The highest BCUT2D eigenvalue weighted by Gasteiger charge is 2.30. The fourth-order valence-corrected chi connectivity index (χ4v) is 2.76. The monoisotopic (exact) mass is 387 g/mol. The molecule has 0 amide bonds. The van der Waals surface area contributed by atoms with Crippen LogP contribution in [0.1, 0.15) is 21.5 Å². The molecule has 3 rings (SSSR count). The molecule has 0 spiro atoms. The topological polar surface area (TPSA) is 72.5 Å². The first-order valence-corrected chi connectivity index (χ1v) is 8.27. The number of nitrogens with two attached hydrogens (primary N) is 1. The van der Waals surface area contributed by atoms with Crippen LogP contribution in [-0.2, 0) is 12.8 Å². The average Bonchev–Trinajstić information content (AvgIpc) is 2.66. The number of carboxylic acids is 1. The second-order valence-corrected chi connectivity index (χ2v) is 6.08. The predicted octanol–water partition coefficient (Wildman–Crippen LogP) is 5.23. The molecule has 144 valence electrons. The van der Waals surface area contributed by atoms with Crippen molar-refractivity contribution in [2.24, 2.45) is 0 Å². The van der Waals surface area contributed by atoms with Crippen molar-refractivity contribution in [3.63, 3.8) is 0 Å². The molecule has 3 aromatic rings. The van der Waals surface area contributed by atoms with Gasteiger partial charge in [0.05, 0.1) is 11.1 Å². The lowest BCUT2D eigenvalue weighted by Crippen LogP contribution is -2.05. The van der Waals surface area contributed by atoms with Gasteiger partial charge < -0.3 is 15.6 Å². The Kier molecular flexibility index (Phi) is 5.26. The molecule has 0 aromatic heterocycles. The molecule has 0 radical (unpaired) electrons. The Bertz CT molecular complexity index is 1020. The molecule has 0 aliphatic carbocycles. The van der Waals surface area contributed by atoms with Crippen LogP contribution in [-0.4, -0.2) is 11.1 Å². The average molecular weight is 387 g/mol. The number of rotatable bonds is 5. The lowest BCUT2D eigenvalue weighted by molar-refractivity contribution is -0.137. The van der Waals surface area contributed by atoms with E-state index in [1.807, 2.05) is 0 Å².